The van der Waals surface area contributed by atoms with Gasteiger partial charge in [0.25, 0.3) is 0 Å². The second-order valence-electron chi connectivity index (χ2n) is 4.96. The summed E-state index contributed by atoms with van der Waals surface area (Å²) < 4.78 is 1.84. The summed E-state index contributed by atoms with van der Waals surface area (Å²) in [5, 5.41) is 4.20. The predicted molar refractivity (Wildman–Crippen MR) is 67.2 cm³/mol. The zero-order valence-corrected chi connectivity index (χ0v) is 10.9. The fraction of sp³-hybridized carbons (Fsp3) is 0.615. The Balaban J connectivity index is 1.87. The molecule has 0 N–H and O–H groups in total. The summed E-state index contributed by atoms with van der Waals surface area (Å²) in [5.41, 5.74) is 0.663. The van der Waals surface area contributed by atoms with Crippen molar-refractivity contribution in [1.82, 2.24) is 14.7 Å². The molecule has 1 aliphatic heterocycles. The standard InChI is InChI=1S/C13H19N3O2/c1-10(17)13-7-14-16(9-13)8-12-3-5-15(6-4-12)11(2)18/h7,9,12H,3-6,8H2,1-2H3. The molecule has 5 nitrogen and oxygen atoms in total. The largest absolute Gasteiger partial charge is 0.343 e. The monoisotopic (exact) mass is 249 g/mol. The second kappa shape index (κ2) is 5.33. The lowest BCUT2D eigenvalue weighted by molar-refractivity contribution is -0.130. The Morgan fingerprint density at radius 1 is 1.33 bits per heavy atom. The van der Waals surface area contributed by atoms with Crippen molar-refractivity contribution in [3.8, 4) is 0 Å². The van der Waals surface area contributed by atoms with Crippen LogP contribution < -0.4 is 0 Å². The molecule has 0 unspecified atom stereocenters. The third-order valence-electron chi connectivity index (χ3n) is 3.54. The zero-order chi connectivity index (χ0) is 13.1. The number of carbonyl (C=O) groups excluding carboxylic acids is 2. The van der Waals surface area contributed by atoms with Gasteiger partial charge in [0.05, 0.1) is 11.8 Å². The minimum Gasteiger partial charge on any atom is -0.343 e. The molecule has 1 fully saturated rings. The van der Waals surface area contributed by atoms with Crippen LogP contribution in [0.3, 0.4) is 0 Å². The molecule has 1 aromatic rings. The molecule has 0 atom stereocenters. The van der Waals surface area contributed by atoms with Crippen LogP contribution in [0.15, 0.2) is 12.4 Å². The fourth-order valence-electron chi connectivity index (χ4n) is 2.34. The topological polar surface area (TPSA) is 55.2 Å². The van der Waals surface area contributed by atoms with Crippen LogP contribution in [0.4, 0.5) is 0 Å². The Labute approximate surface area is 107 Å². The Hall–Kier alpha value is -1.65. The maximum Gasteiger partial charge on any atom is 0.219 e. The van der Waals surface area contributed by atoms with Gasteiger partial charge >= 0.3 is 0 Å². The minimum absolute atomic E-state index is 0.0487. The van der Waals surface area contributed by atoms with Crippen LogP contribution in [0.25, 0.3) is 0 Å². The van der Waals surface area contributed by atoms with Crippen molar-refractivity contribution in [1.29, 1.82) is 0 Å². The average Bonchev–Trinajstić information content (AvgIpc) is 2.78. The Morgan fingerprint density at radius 3 is 2.50 bits per heavy atom. The normalized spacial score (nSPS) is 16.9. The molecule has 0 radical (unpaired) electrons. The highest BCUT2D eigenvalue weighted by Crippen LogP contribution is 2.19. The van der Waals surface area contributed by atoms with E-state index >= 15 is 0 Å². The lowest BCUT2D eigenvalue weighted by Gasteiger charge is -2.31. The van der Waals surface area contributed by atoms with Gasteiger partial charge in [-0.2, -0.15) is 5.10 Å². The van der Waals surface area contributed by atoms with E-state index in [2.05, 4.69) is 5.10 Å². The van der Waals surface area contributed by atoms with Gasteiger partial charge in [0, 0.05) is 32.8 Å². The molecule has 98 valence electrons. The molecule has 1 aromatic heterocycles. The van der Waals surface area contributed by atoms with Crippen molar-refractivity contribution < 1.29 is 9.59 Å². The molecule has 1 amide bonds. The van der Waals surface area contributed by atoms with E-state index in [0.29, 0.717) is 11.5 Å². The predicted octanol–water partition coefficient (Wildman–Crippen LogP) is 1.34. The van der Waals surface area contributed by atoms with Gasteiger partial charge in [-0.3, -0.25) is 14.3 Å². The molecule has 0 bridgehead atoms. The van der Waals surface area contributed by atoms with Gasteiger partial charge in [-0.05, 0) is 25.7 Å². The van der Waals surface area contributed by atoms with Crippen LogP contribution >= 0.6 is 0 Å². The molecular formula is C13H19N3O2. The number of nitrogens with zero attached hydrogens (tertiary/aromatic N) is 3. The number of ketones is 1. The maximum absolute atomic E-state index is 11.2. The number of piperidine rings is 1. The summed E-state index contributed by atoms with van der Waals surface area (Å²) in [6, 6.07) is 0. The van der Waals surface area contributed by atoms with Crippen LogP contribution in [0, 0.1) is 5.92 Å². The average molecular weight is 249 g/mol. The zero-order valence-electron chi connectivity index (χ0n) is 10.9. The van der Waals surface area contributed by atoms with Crippen molar-refractivity contribution >= 4 is 11.7 Å². The van der Waals surface area contributed by atoms with E-state index in [4.69, 9.17) is 0 Å². The second-order valence-corrected chi connectivity index (χ2v) is 4.96. The summed E-state index contributed by atoms with van der Waals surface area (Å²) in [6.45, 7) is 5.67. The lowest BCUT2D eigenvalue weighted by Crippen LogP contribution is -2.38. The van der Waals surface area contributed by atoms with E-state index in [0.717, 1.165) is 32.5 Å². The summed E-state index contributed by atoms with van der Waals surface area (Å²) >= 11 is 0. The van der Waals surface area contributed by atoms with Crippen LogP contribution in [0.2, 0.25) is 0 Å². The first-order valence-corrected chi connectivity index (χ1v) is 6.35. The molecule has 0 saturated carbocycles. The molecule has 1 aliphatic rings. The number of Topliss-reactive ketones (excluding diaryl/α,β-unsaturated/α-hetero) is 1. The first kappa shape index (κ1) is 12.8. The van der Waals surface area contributed by atoms with Crippen LogP contribution in [-0.2, 0) is 11.3 Å². The van der Waals surface area contributed by atoms with Gasteiger partial charge < -0.3 is 4.90 Å². The number of hydrogen-bond donors (Lipinski definition) is 0. The quantitative estimate of drug-likeness (QED) is 0.760. The van der Waals surface area contributed by atoms with E-state index in [9.17, 15) is 9.59 Å². The Morgan fingerprint density at radius 2 is 2.00 bits per heavy atom. The summed E-state index contributed by atoms with van der Waals surface area (Å²) in [4.78, 5) is 24.3. The summed E-state index contributed by atoms with van der Waals surface area (Å²) in [6.07, 6.45) is 5.44. The first-order valence-electron chi connectivity index (χ1n) is 6.35. The molecule has 0 aromatic carbocycles. The maximum atomic E-state index is 11.2. The van der Waals surface area contributed by atoms with Crippen LogP contribution in [-0.4, -0.2) is 39.5 Å². The molecule has 1 saturated heterocycles. The highest BCUT2D eigenvalue weighted by molar-refractivity contribution is 5.93. The van der Waals surface area contributed by atoms with Crippen LogP contribution in [0.5, 0.6) is 0 Å². The smallest absolute Gasteiger partial charge is 0.219 e. The highest BCUT2D eigenvalue weighted by atomic mass is 16.2. The number of hydrogen-bond acceptors (Lipinski definition) is 3. The molecule has 2 rings (SSSR count). The molecule has 5 heteroatoms. The van der Waals surface area contributed by atoms with Crippen molar-refractivity contribution in [2.24, 2.45) is 5.92 Å². The fourth-order valence-corrected chi connectivity index (χ4v) is 2.34. The number of carbonyl (C=O) groups is 2. The van der Waals surface area contributed by atoms with E-state index in [1.54, 1.807) is 26.2 Å². The highest BCUT2D eigenvalue weighted by Gasteiger charge is 2.21. The SMILES string of the molecule is CC(=O)c1cnn(CC2CCN(C(C)=O)CC2)c1. The van der Waals surface area contributed by atoms with Crippen molar-refractivity contribution in [3.63, 3.8) is 0 Å². The van der Waals surface area contributed by atoms with Gasteiger partial charge in [-0.1, -0.05) is 0 Å². The van der Waals surface area contributed by atoms with Crippen molar-refractivity contribution in [3.05, 3.63) is 18.0 Å². The van der Waals surface area contributed by atoms with E-state index < -0.39 is 0 Å². The summed E-state index contributed by atoms with van der Waals surface area (Å²) in [7, 11) is 0. The first-order chi connectivity index (χ1) is 8.56. The van der Waals surface area contributed by atoms with E-state index in [-0.39, 0.29) is 11.7 Å². The number of rotatable bonds is 3. The molecular weight excluding hydrogens is 230 g/mol. The lowest BCUT2D eigenvalue weighted by atomic mass is 9.97. The summed E-state index contributed by atoms with van der Waals surface area (Å²) in [5.74, 6) is 0.749. The van der Waals surface area contributed by atoms with Crippen molar-refractivity contribution in [2.45, 2.75) is 33.2 Å². The van der Waals surface area contributed by atoms with Gasteiger partial charge in [-0.25, -0.2) is 0 Å². The molecule has 2 heterocycles. The van der Waals surface area contributed by atoms with E-state index in [1.165, 1.54) is 0 Å². The third-order valence-corrected chi connectivity index (χ3v) is 3.54. The van der Waals surface area contributed by atoms with Gasteiger partial charge in [0.15, 0.2) is 5.78 Å². The Bertz CT molecular complexity index is 445. The van der Waals surface area contributed by atoms with Gasteiger partial charge in [-0.15, -0.1) is 0 Å². The van der Waals surface area contributed by atoms with Gasteiger partial charge in [0.1, 0.15) is 0 Å². The third kappa shape index (κ3) is 2.97. The molecule has 0 aliphatic carbocycles. The van der Waals surface area contributed by atoms with Crippen molar-refractivity contribution in [2.75, 3.05) is 13.1 Å². The van der Waals surface area contributed by atoms with E-state index in [1.807, 2.05) is 9.58 Å². The number of amides is 1. The number of likely N-dealkylation sites (tertiary alicyclic amines) is 1. The minimum atomic E-state index is 0.0487. The van der Waals surface area contributed by atoms with Crippen LogP contribution in [0.1, 0.15) is 37.0 Å². The number of aromatic nitrogens is 2. The Kier molecular flexibility index (Phi) is 3.79. The molecule has 0 spiro atoms. The van der Waals surface area contributed by atoms with Gasteiger partial charge in [0.2, 0.25) is 5.91 Å². The molecule has 18 heavy (non-hydrogen) atoms.